The molecule has 1 amide bonds. The van der Waals surface area contributed by atoms with Gasteiger partial charge in [-0.15, -0.1) is 0 Å². The second kappa shape index (κ2) is 6.58. The Morgan fingerprint density at radius 1 is 1.14 bits per heavy atom. The van der Waals surface area contributed by atoms with Gasteiger partial charge in [-0.25, -0.2) is 0 Å². The largest absolute Gasteiger partial charge is 0.494 e. The summed E-state index contributed by atoms with van der Waals surface area (Å²) in [6.07, 6.45) is 1.32. The maximum atomic E-state index is 11.8. The molecule has 0 unspecified atom stereocenters. The van der Waals surface area contributed by atoms with Crippen LogP contribution in [0.1, 0.15) is 5.76 Å². The van der Waals surface area contributed by atoms with Crippen molar-refractivity contribution in [2.24, 2.45) is 0 Å². The Labute approximate surface area is 132 Å². The Hall–Kier alpha value is -2.40. The van der Waals surface area contributed by atoms with Crippen molar-refractivity contribution in [2.75, 3.05) is 13.2 Å². The minimum atomic E-state index is -0.329. The summed E-state index contributed by atoms with van der Waals surface area (Å²) in [7, 11) is 0. The van der Waals surface area contributed by atoms with Gasteiger partial charge in [-0.1, -0.05) is 11.6 Å². The molecule has 0 radical (unpaired) electrons. The number of carbonyl (C=O) groups is 1. The number of furan rings is 1. The Morgan fingerprint density at radius 2 is 1.95 bits per heavy atom. The Balaban J connectivity index is 1.61. The third kappa shape index (κ3) is 3.43. The molecule has 2 aromatic rings. The van der Waals surface area contributed by atoms with Crippen LogP contribution in [0.25, 0.3) is 11.3 Å². The van der Waals surface area contributed by atoms with Crippen molar-refractivity contribution in [3.63, 3.8) is 0 Å². The van der Waals surface area contributed by atoms with Crippen LogP contribution in [0, 0.1) is 0 Å². The van der Waals surface area contributed by atoms with Crippen LogP contribution in [0.2, 0.25) is 5.02 Å². The van der Waals surface area contributed by atoms with Crippen molar-refractivity contribution in [2.45, 2.75) is 6.54 Å². The lowest BCUT2D eigenvalue weighted by Gasteiger charge is -2.14. The highest BCUT2D eigenvalue weighted by Crippen LogP contribution is 2.23. The van der Waals surface area contributed by atoms with Gasteiger partial charge in [0.25, 0.3) is 5.91 Å². The number of nitrogens with one attached hydrogen (secondary N) is 1. The molecule has 0 fully saturated rings. The summed E-state index contributed by atoms with van der Waals surface area (Å²) < 4.78 is 15.9. The van der Waals surface area contributed by atoms with Crippen LogP contribution in [-0.2, 0) is 20.8 Å². The first-order chi connectivity index (χ1) is 10.7. The average Bonchev–Trinajstić information content (AvgIpc) is 3.03. The molecule has 1 aromatic heterocycles. The van der Waals surface area contributed by atoms with E-state index in [4.69, 9.17) is 25.5 Å². The number of benzene rings is 1. The fourth-order valence-electron chi connectivity index (χ4n) is 1.98. The number of hydrogen-bond donors (Lipinski definition) is 1. The summed E-state index contributed by atoms with van der Waals surface area (Å²) in [4.78, 5) is 11.8. The van der Waals surface area contributed by atoms with Crippen LogP contribution in [0.3, 0.4) is 0 Å². The van der Waals surface area contributed by atoms with Crippen molar-refractivity contribution >= 4 is 17.5 Å². The van der Waals surface area contributed by atoms with E-state index in [1.165, 1.54) is 6.26 Å². The van der Waals surface area contributed by atoms with Crippen LogP contribution in [0.15, 0.2) is 52.8 Å². The van der Waals surface area contributed by atoms with E-state index in [1.54, 1.807) is 12.1 Å². The summed E-state index contributed by atoms with van der Waals surface area (Å²) in [5, 5.41) is 3.39. The molecule has 0 bridgehead atoms. The van der Waals surface area contributed by atoms with Gasteiger partial charge in [0.15, 0.2) is 0 Å². The van der Waals surface area contributed by atoms with Gasteiger partial charge in [0, 0.05) is 10.6 Å². The molecule has 1 aromatic carbocycles. The summed E-state index contributed by atoms with van der Waals surface area (Å²) >= 11 is 5.86. The molecular weight excluding hydrogens is 306 g/mol. The SMILES string of the molecule is O=C(NCc1ccc(-c2ccc(Cl)cc2)o1)C1=COCCO1. The second-order valence-corrected chi connectivity index (χ2v) is 5.09. The van der Waals surface area contributed by atoms with Crippen molar-refractivity contribution < 1.29 is 18.7 Å². The molecule has 114 valence electrons. The molecule has 1 N–H and O–H groups in total. The van der Waals surface area contributed by atoms with Gasteiger partial charge in [-0.2, -0.15) is 0 Å². The zero-order chi connectivity index (χ0) is 15.4. The highest BCUT2D eigenvalue weighted by molar-refractivity contribution is 6.30. The van der Waals surface area contributed by atoms with Gasteiger partial charge < -0.3 is 19.2 Å². The zero-order valence-corrected chi connectivity index (χ0v) is 12.4. The Kier molecular flexibility index (Phi) is 4.34. The quantitative estimate of drug-likeness (QED) is 0.940. The Morgan fingerprint density at radius 3 is 2.68 bits per heavy atom. The number of hydrogen-bond acceptors (Lipinski definition) is 4. The number of rotatable bonds is 4. The van der Waals surface area contributed by atoms with Gasteiger partial charge in [-0.05, 0) is 36.4 Å². The highest BCUT2D eigenvalue weighted by atomic mass is 35.5. The predicted molar refractivity (Wildman–Crippen MR) is 81.0 cm³/mol. The maximum Gasteiger partial charge on any atom is 0.290 e. The van der Waals surface area contributed by atoms with Crippen LogP contribution < -0.4 is 5.32 Å². The minimum absolute atomic E-state index is 0.177. The van der Waals surface area contributed by atoms with E-state index in [9.17, 15) is 4.79 Å². The van der Waals surface area contributed by atoms with E-state index in [0.717, 1.165) is 11.3 Å². The smallest absolute Gasteiger partial charge is 0.290 e. The molecule has 0 atom stereocenters. The molecule has 6 heteroatoms. The molecule has 5 nitrogen and oxygen atoms in total. The lowest BCUT2D eigenvalue weighted by atomic mass is 10.2. The van der Waals surface area contributed by atoms with E-state index in [2.05, 4.69) is 5.32 Å². The third-order valence-corrected chi connectivity index (χ3v) is 3.34. The third-order valence-electron chi connectivity index (χ3n) is 3.09. The molecular formula is C16H14ClNO4. The first-order valence-corrected chi connectivity index (χ1v) is 7.17. The lowest BCUT2D eigenvalue weighted by molar-refractivity contribution is -0.122. The number of amides is 1. The first-order valence-electron chi connectivity index (χ1n) is 6.80. The number of ether oxygens (including phenoxy) is 2. The van der Waals surface area contributed by atoms with Gasteiger partial charge in [0.05, 0.1) is 6.54 Å². The van der Waals surface area contributed by atoms with Crippen molar-refractivity contribution in [1.29, 1.82) is 0 Å². The monoisotopic (exact) mass is 319 g/mol. The standard InChI is InChI=1S/C16H14ClNO4/c17-12-3-1-11(2-4-12)14-6-5-13(22-14)9-18-16(19)15-10-20-7-8-21-15/h1-6,10H,7-9H2,(H,18,19). The van der Waals surface area contributed by atoms with Gasteiger partial charge in [0.2, 0.25) is 5.76 Å². The summed E-state index contributed by atoms with van der Waals surface area (Å²) in [6.45, 7) is 1.10. The maximum absolute atomic E-state index is 11.8. The van der Waals surface area contributed by atoms with Gasteiger partial charge in [0.1, 0.15) is 31.0 Å². The molecule has 1 aliphatic rings. The molecule has 0 aliphatic carbocycles. The number of carbonyl (C=O) groups excluding carboxylic acids is 1. The highest BCUT2D eigenvalue weighted by Gasteiger charge is 2.15. The van der Waals surface area contributed by atoms with E-state index in [0.29, 0.717) is 24.0 Å². The van der Waals surface area contributed by atoms with Crippen molar-refractivity contribution in [3.8, 4) is 11.3 Å². The fraction of sp³-hybridized carbons (Fsp3) is 0.188. The topological polar surface area (TPSA) is 60.7 Å². The van der Waals surface area contributed by atoms with Crippen LogP contribution in [0.5, 0.6) is 0 Å². The molecule has 22 heavy (non-hydrogen) atoms. The van der Waals surface area contributed by atoms with Gasteiger partial charge in [-0.3, -0.25) is 4.79 Å². The van der Waals surface area contributed by atoms with E-state index in [1.807, 2.05) is 24.3 Å². The molecule has 3 rings (SSSR count). The van der Waals surface area contributed by atoms with Crippen molar-refractivity contribution in [3.05, 3.63) is 59.2 Å². The van der Waals surface area contributed by atoms with E-state index in [-0.39, 0.29) is 18.2 Å². The minimum Gasteiger partial charge on any atom is -0.494 e. The van der Waals surface area contributed by atoms with Crippen LogP contribution in [0.4, 0.5) is 0 Å². The zero-order valence-electron chi connectivity index (χ0n) is 11.7. The van der Waals surface area contributed by atoms with Crippen LogP contribution >= 0.6 is 11.6 Å². The van der Waals surface area contributed by atoms with Crippen molar-refractivity contribution in [1.82, 2.24) is 5.32 Å². The second-order valence-electron chi connectivity index (χ2n) is 4.66. The predicted octanol–water partition coefficient (Wildman–Crippen LogP) is 3.10. The molecule has 2 heterocycles. The molecule has 0 saturated carbocycles. The normalized spacial score (nSPS) is 13.8. The van der Waals surface area contributed by atoms with Gasteiger partial charge >= 0.3 is 0 Å². The molecule has 0 spiro atoms. The summed E-state index contributed by atoms with van der Waals surface area (Å²) in [5.41, 5.74) is 0.925. The van der Waals surface area contributed by atoms with E-state index < -0.39 is 0 Å². The summed E-state index contributed by atoms with van der Waals surface area (Å²) in [6, 6.07) is 11.0. The van der Waals surface area contributed by atoms with E-state index >= 15 is 0 Å². The fourth-order valence-corrected chi connectivity index (χ4v) is 2.11. The first kappa shape index (κ1) is 14.5. The lowest BCUT2D eigenvalue weighted by Crippen LogP contribution is -2.27. The van der Waals surface area contributed by atoms with Crippen LogP contribution in [-0.4, -0.2) is 19.1 Å². The summed E-state index contributed by atoms with van der Waals surface area (Å²) in [5.74, 6) is 1.22. The average molecular weight is 320 g/mol. The number of halogens is 1. The molecule has 1 aliphatic heterocycles. The Bertz CT molecular complexity index is 690. The molecule has 0 saturated heterocycles.